The van der Waals surface area contributed by atoms with Crippen LogP contribution in [0.3, 0.4) is 0 Å². The molecule has 9 heteroatoms. The molecule has 2 rings (SSSR count). The number of para-hydroxylation sites is 1. The van der Waals surface area contributed by atoms with Crippen molar-refractivity contribution in [3.8, 4) is 0 Å². The number of carbonyl (C=O) groups excluding carboxylic acids is 2. The monoisotopic (exact) mass is 507 g/mol. The maximum Gasteiger partial charge on any atom is 0.244 e. The van der Waals surface area contributed by atoms with Gasteiger partial charge >= 0.3 is 0 Å². The number of halogens is 1. The van der Waals surface area contributed by atoms with Crippen LogP contribution in [-0.2, 0) is 26.2 Å². The van der Waals surface area contributed by atoms with E-state index >= 15 is 0 Å². The molecule has 34 heavy (non-hydrogen) atoms. The van der Waals surface area contributed by atoms with Crippen molar-refractivity contribution in [3.05, 3.63) is 64.2 Å². The lowest BCUT2D eigenvalue weighted by Gasteiger charge is -2.32. The van der Waals surface area contributed by atoms with Crippen molar-refractivity contribution in [1.82, 2.24) is 10.2 Å². The summed E-state index contributed by atoms with van der Waals surface area (Å²) in [5, 5.41) is 3.37. The van der Waals surface area contributed by atoms with Gasteiger partial charge in [-0.3, -0.25) is 13.9 Å². The minimum Gasteiger partial charge on any atom is -0.354 e. The molecular formula is C25H34ClN3O4S. The van der Waals surface area contributed by atoms with Crippen molar-refractivity contribution < 1.29 is 18.0 Å². The molecule has 0 saturated heterocycles. The molecule has 0 aromatic heterocycles. The third-order valence-electron chi connectivity index (χ3n) is 5.46. The number of sulfonamides is 1. The van der Waals surface area contributed by atoms with E-state index in [0.29, 0.717) is 17.3 Å². The Bertz CT molecular complexity index is 1110. The van der Waals surface area contributed by atoms with Crippen LogP contribution in [0, 0.1) is 19.8 Å². The van der Waals surface area contributed by atoms with Gasteiger partial charge in [-0.2, -0.15) is 0 Å². The van der Waals surface area contributed by atoms with Gasteiger partial charge in [0.1, 0.15) is 12.6 Å². The van der Waals surface area contributed by atoms with Crippen LogP contribution in [-0.4, -0.2) is 50.5 Å². The van der Waals surface area contributed by atoms with Gasteiger partial charge in [0.05, 0.1) is 11.9 Å². The highest BCUT2D eigenvalue weighted by Gasteiger charge is 2.31. The lowest BCUT2D eigenvalue weighted by molar-refractivity contribution is -0.139. The topological polar surface area (TPSA) is 86.8 Å². The van der Waals surface area contributed by atoms with Crippen molar-refractivity contribution in [2.45, 2.75) is 47.2 Å². The Morgan fingerprint density at radius 1 is 1.03 bits per heavy atom. The summed E-state index contributed by atoms with van der Waals surface area (Å²) in [5.41, 5.74) is 2.69. The number of carbonyl (C=O) groups is 2. The van der Waals surface area contributed by atoms with Crippen LogP contribution in [0.5, 0.6) is 0 Å². The van der Waals surface area contributed by atoms with E-state index in [9.17, 15) is 18.0 Å². The molecule has 0 bridgehead atoms. The first-order chi connectivity index (χ1) is 15.8. The van der Waals surface area contributed by atoms with Gasteiger partial charge in [0.25, 0.3) is 0 Å². The molecule has 2 aromatic rings. The highest BCUT2D eigenvalue weighted by atomic mass is 35.5. The molecule has 0 spiro atoms. The molecule has 0 saturated carbocycles. The number of aryl methyl sites for hydroxylation is 2. The number of nitrogens with one attached hydrogen (secondary N) is 1. The Morgan fingerprint density at radius 2 is 1.62 bits per heavy atom. The number of hydrogen-bond donors (Lipinski definition) is 1. The van der Waals surface area contributed by atoms with Gasteiger partial charge in [-0.15, -0.1) is 0 Å². The van der Waals surface area contributed by atoms with Gasteiger partial charge in [0.2, 0.25) is 21.8 Å². The fourth-order valence-electron chi connectivity index (χ4n) is 3.64. The van der Waals surface area contributed by atoms with Crippen LogP contribution >= 0.6 is 11.6 Å². The van der Waals surface area contributed by atoms with Crippen LogP contribution in [0.1, 0.15) is 37.5 Å². The summed E-state index contributed by atoms with van der Waals surface area (Å²) in [5.74, 6) is -0.541. The molecule has 0 aliphatic heterocycles. The quantitative estimate of drug-likeness (QED) is 0.528. The molecule has 2 aromatic carbocycles. The molecule has 186 valence electrons. The Morgan fingerprint density at radius 3 is 2.15 bits per heavy atom. The molecule has 1 atom stereocenters. The first-order valence-electron chi connectivity index (χ1n) is 11.2. The van der Waals surface area contributed by atoms with Gasteiger partial charge in [-0.1, -0.05) is 55.8 Å². The van der Waals surface area contributed by atoms with Crippen LogP contribution in [0.4, 0.5) is 5.69 Å². The van der Waals surface area contributed by atoms with Gasteiger partial charge in [-0.25, -0.2) is 8.42 Å². The summed E-state index contributed by atoms with van der Waals surface area (Å²) < 4.78 is 26.6. The first-order valence-corrected chi connectivity index (χ1v) is 13.4. The molecule has 0 aliphatic carbocycles. The largest absolute Gasteiger partial charge is 0.354 e. The molecule has 0 fully saturated rings. The summed E-state index contributed by atoms with van der Waals surface area (Å²) in [6.07, 6.45) is 1.08. The summed E-state index contributed by atoms with van der Waals surface area (Å²) in [6, 6.07) is 11.7. The minimum absolute atomic E-state index is 0.111. The number of benzene rings is 2. The van der Waals surface area contributed by atoms with E-state index in [1.165, 1.54) is 4.90 Å². The van der Waals surface area contributed by atoms with Crippen LogP contribution in [0.15, 0.2) is 42.5 Å². The summed E-state index contributed by atoms with van der Waals surface area (Å²) >= 11 is 6.12. The minimum atomic E-state index is -3.77. The number of rotatable bonds is 10. The van der Waals surface area contributed by atoms with Crippen LogP contribution in [0.25, 0.3) is 0 Å². The van der Waals surface area contributed by atoms with Crippen molar-refractivity contribution >= 4 is 39.1 Å². The Kier molecular flexibility index (Phi) is 9.53. The standard InChI is InChI=1S/C25H34ClN3O4S/c1-17(2)14-27-25(31)20(5)28(15-21-11-8-12-22(26)13-21)23(30)16-29(34(6,32)33)24-18(3)9-7-10-19(24)4/h7-13,17,20H,14-16H2,1-6H3,(H,27,31)/t20-/m0/s1. The van der Waals surface area contributed by atoms with E-state index in [-0.39, 0.29) is 18.4 Å². The number of nitrogens with zero attached hydrogens (tertiary/aromatic N) is 2. The van der Waals surface area contributed by atoms with E-state index < -0.39 is 28.5 Å². The maximum absolute atomic E-state index is 13.6. The third-order valence-corrected chi connectivity index (χ3v) is 6.81. The smallest absolute Gasteiger partial charge is 0.244 e. The average Bonchev–Trinajstić information content (AvgIpc) is 2.73. The molecular weight excluding hydrogens is 474 g/mol. The van der Waals surface area contributed by atoms with Crippen molar-refractivity contribution in [2.24, 2.45) is 5.92 Å². The SMILES string of the molecule is Cc1cccc(C)c1N(CC(=O)N(Cc1cccc(Cl)c1)[C@@H](C)C(=O)NCC(C)C)S(C)(=O)=O. The van der Waals surface area contributed by atoms with Gasteiger partial charge in [-0.05, 0) is 55.5 Å². The highest BCUT2D eigenvalue weighted by molar-refractivity contribution is 7.92. The van der Waals surface area contributed by atoms with Gasteiger partial charge in [0, 0.05) is 18.1 Å². The molecule has 0 aliphatic rings. The Labute approximate surface area is 208 Å². The predicted molar refractivity (Wildman–Crippen MR) is 137 cm³/mol. The number of amides is 2. The second kappa shape index (κ2) is 11.7. The molecule has 0 heterocycles. The molecule has 0 unspecified atom stereocenters. The maximum atomic E-state index is 13.6. The Balaban J connectivity index is 2.43. The first kappa shape index (κ1) is 27.7. The molecule has 7 nitrogen and oxygen atoms in total. The van der Waals surface area contributed by atoms with E-state index in [0.717, 1.165) is 27.3 Å². The zero-order chi connectivity index (χ0) is 25.6. The zero-order valence-electron chi connectivity index (χ0n) is 20.6. The van der Waals surface area contributed by atoms with Gasteiger partial charge < -0.3 is 10.2 Å². The lowest BCUT2D eigenvalue weighted by Crippen LogP contribution is -2.51. The normalized spacial score (nSPS) is 12.4. The zero-order valence-corrected chi connectivity index (χ0v) is 22.2. The Hall–Kier alpha value is -2.58. The fraction of sp³-hybridized carbons (Fsp3) is 0.440. The molecule has 1 N–H and O–H groups in total. The summed E-state index contributed by atoms with van der Waals surface area (Å²) in [7, 11) is -3.77. The fourth-order valence-corrected chi connectivity index (χ4v) is 4.82. The van der Waals surface area contributed by atoms with E-state index in [2.05, 4.69) is 5.32 Å². The van der Waals surface area contributed by atoms with Gasteiger partial charge in [0.15, 0.2) is 0 Å². The summed E-state index contributed by atoms with van der Waals surface area (Å²) in [6.45, 7) is 9.37. The van der Waals surface area contributed by atoms with Crippen molar-refractivity contribution in [2.75, 3.05) is 23.7 Å². The average molecular weight is 508 g/mol. The second-order valence-corrected chi connectivity index (χ2v) is 11.3. The van der Waals surface area contributed by atoms with E-state index in [1.807, 2.05) is 26.0 Å². The molecule has 2 amide bonds. The predicted octanol–water partition coefficient (Wildman–Crippen LogP) is 3.91. The third kappa shape index (κ3) is 7.46. The van der Waals surface area contributed by atoms with E-state index in [4.69, 9.17) is 11.6 Å². The summed E-state index contributed by atoms with van der Waals surface area (Å²) in [4.78, 5) is 27.8. The van der Waals surface area contributed by atoms with Crippen molar-refractivity contribution in [3.63, 3.8) is 0 Å². The van der Waals surface area contributed by atoms with Crippen LogP contribution in [0.2, 0.25) is 5.02 Å². The van der Waals surface area contributed by atoms with E-state index in [1.54, 1.807) is 51.1 Å². The molecule has 0 radical (unpaired) electrons. The highest BCUT2D eigenvalue weighted by Crippen LogP contribution is 2.27. The van der Waals surface area contributed by atoms with Crippen molar-refractivity contribution in [1.29, 1.82) is 0 Å². The second-order valence-electron chi connectivity index (χ2n) is 8.98. The van der Waals surface area contributed by atoms with Crippen LogP contribution < -0.4 is 9.62 Å². The lowest BCUT2D eigenvalue weighted by atomic mass is 10.1. The number of anilines is 1. The number of hydrogen-bond acceptors (Lipinski definition) is 4.